The summed E-state index contributed by atoms with van der Waals surface area (Å²) in [5.41, 5.74) is 0.354. The fourth-order valence-electron chi connectivity index (χ4n) is 4.02. The molecule has 158 valence electrons. The van der Waals surface area contributed by atoms with Gasteiger partial charge in [0.1, 0.15) is 5.75 Å². The van der Waals surface area contributed by atoms with Gasteiger partial charge in [-0.25, -0.2) is 13.2 Å². The number of ether oxygens (including phenoxy) is 1. The van der Waals surface area contributed by atoms with Gasteiger partial charge >= 0.3 is 6.03 Å². The van der Waals surface area contributed by atoms with Gasteiger partial charge in [-0.3, -0.25) is 4.79 Å². The third kappa shape index (κ3) is 4.32. The Bertz CT molecular complexity index is 890. The van der Waals surface area contributed by atoms with E-state index in [2.05, 4.69) is 10.6 Å². The number of nitrogens with zero attached hydrogens (tertiary/aromatic N) is 2. The molecule has 3 aliphatic rings. The number of hydrogen-bond acceptors (Lipinski definition) is 5. The molecule has 1 aromatic carbocycles. The molecule has 0 radical (unpaired) electrons. The van der Waals surface area contributed by atoms with Crippen LogP contribution in [0.3, 0.4) is 0 Å². The monoisotopic (exact) mass is 422 g/mol. The molecule has 1 saturated carbocycles. The summed E-state index contributed by atoms with van der Waals surface area (Å²) in [4.78, 5) is 25.7. The second-order valence-corrected chi connectivity index (χ2v) is 9.61. The van der Waals surface area contributed by atoms with Crippen LogP contribution in [0.4, 0.5) is 10.5 Å². The third-order valence-corrected chi connectivity index (χ3v) is 7.57. The fourth-order valence-corrected chi connectivity index (χ4v) is 5.47. The normalized spacial score (nSPS) is 21.1. The molecule has 3 amide bonds. The molecule has 10 heteroatoms. The predicted molar refractivity (Wildman–Crippen MR) is 106 cm³/mol. The lowest BCUT2D eigenvalue weighted by molar-refractivity contribution is -0.118. The van der Waals surface area contributed by atoms with E-state index in [-0.39, 0.29) is 42.6 Å². The number of benzene rings is 1. The van der Waals surface area contributed by atoms with Crippen LogP contribution < -0.4 is 15.4 Å². The number of amides is 3. The highest BCUT2D eigenvalue weighted by Crippen LogP contribution is 2.31. The molecular formula is C19H26N4O5S. The van der Waals surface area contributed by atoms with Crippen molar-refractivity contribution in [3.05, 3.63) is 18.2 Å². The van der Waals surface area contributed by atoms with E-state index < -0.39 is 10.0 Å². The highest BCUT2D eigenvalue weighted by Gasteiger charge is 2.31. The van der Waals surface area contributed by atoms with Crippen LogP contribution in [0.5, 0.6) is 5.75 Å². The summed E-state index contributed by atoms with van der Waals surface area (Å²) < 4.78 is 32.7. The first-order valence-electron chi connectivity index (χ1n) is 10.1. The minimum absolute atomic E-state index is 0.0794. The van der Waals surface area contributed by atoms with Crippen LogP contribution in [0.25, 0.3) is 0 Å². The molecule has 0 bridgehead atoms. The molecule has 0 atom stereocenters. The van der Waals surface area contributed by atoms with Gasteiger partial charge in [-0.2, -0.15) is 4.31 Å². The first-order valence-corrected chi connectivity index (χ1v) is 11.5. The summed E-state index contributed by atoms with van der Waals surface area (Å²) in [5, 5.41) is 5.71. The molecule has 2 N–H and O–H groups in total. The number of fused-ring (bicyclic) bond motifs is 1. The van der Waals surface area contributed by atoms with Gasteiger partial charge < -0.3 is 20.3 Å². The molecule has 9 nitrogen and oxygen atoms in total. The zero-order valence-electron chi connectivity index (χ0n) is 16.2. The zero-order chi connectivity index (χ0) is 20.4. The van der Waals surface area contributed by atoms with Crippen LogP contribution in [-0.2, 0) is 14.8 Å². The number of sulfonamides is 1. The summed E-state index contributed by atoms with van der Waals surface area (Å²) in [6.07, 6.45) is 5.53. The molecule has 2 fully saturated rings. The molecule has 1 aromatic rings. The number of urea groups is 1. The Morgan fingerprint density at radius 3 is 2.55 bits per heavy atom. The lowest BCUT2D eigenvalue weighted by atomic mass is 9.96. The Morgan fingerprint density at radius 2 is 1.83 bits per heavy atom. The Kier molecular flexibility index (Phi) is 5.64. The minimum atomic E-state index is -3.72. The lowest BCUT2D eigenvalue weighted by Gasteiger charge is -2.35. The third-order valence-electron chi connectivity index (χ3n) is 5.68. The maximum Gasteiger partial charge on any atom is 0.317 e. The van der Waals surface area contributed by atoms with E-state index in [1.165, 1.54) is 22.9 Å². The van der Waals surface area contributed by atoms with Gasteiger partial charge in [0.05, 0.1) is 10.6 Å². The molecule has 0 aromatic heterocycles. The van der Waals surface area contributed by atoms with Crippen LogP contribution in [-0.4, -0.2) is 68.4 Å². The predicted octanol–water partition coefficient (Wildman–Crippen LogP) is 1.37. The molecule has 0 unspecified atom stereocenters. The second kappa shape index (κ2) is 8.19. The van der Waals surface area contributed by atoms with Crippen molar-refractivity contribution in [1.82, 2.24) is 14.5 Å². The molecule has 0 spiro atoms. The quantitative estimate of drug-likeness (QED) is 0.765. The van der Waals surface area contributed by atoms with Gasteiger partial charge in [-0.05, 0) is 31.0 Å². The van der Waals surface area contributed by atoms with Gasteiger partial charge in [0.15, 0.2) is 6.61 Å². The highest BCUT2D eigenvalue weighted by molar-refractivity contribution is 7.89. The summed E-state index contributed by atoms with van der Waals surface area (Å²) >= 11 is 0. The Hall–Kier alpha value is -2.33. The van der Waals surface area contributed by atoms with Crippen molar-refractivity contribution in [2.24, 2.45) is 0 Å². The number of anilines is 1. The van der Waals surface area contributed by atoms with E-state index in [1.807, 2.05) is 0 Å². The van der Waals surface area contributed by atoms with E-state index in [9.17, 15) is 18.0 Å². The van der Waals surface area contributed by atoms with Crippen molar-refractivity contribution >= 4 is 27.6 Å². The van der Waals surface area contributed by atoms with Gasteiger partial charge in [0, 0.05) is 32.2 Å². The standard InChI is InChI=1S/C19H26N4O5S/c24-18-13-28-17-7-6-15(12-16(17)21-18)29(26,27)23-10-8-22(9-11-23)19(25)20-14-4-2-1-3-5-14/h6-7,12,14H,1-5,8-11,13H2,(H,20,25)(H,21,24). The highest BCUT2D eigenvalue weighted by atomic mass is 32.2. The molecule has 1 saturated heterocycles. The van der Waals surface area contributed by atoms with Crippen LogP contribution >= 0.6 is 0 Å². The van der Waals surface area contributed by atoms with Crippen LogP contribution in [0, 0.1) is 0 Å². The number of piperazine rings is 1. The number of rotatable bonds is 3. The molecular weight excluding hydrogens is 396 g/mol. The van der Waals surface area contributed by atoms with Gasteiger partial charge in [0.25, 0.3) is 5.91 Å². The average molecular weight is 423 g/mol. The average Bonchev–Trinajstić information content (AvgIpc) is 2.74. The SMILES string of the molecule is O=C1COc2ccc(S(=O)(=O)N3CCN(C(=O)NC4CCCCC4)CC3)cc2N1. The van der Waals surface area contributed by atoms with E-state index in [0.29, 0.717) is 24.5 Å². The lowest BCUT2D eigenvalue weighted by Crippen LogP contribution is -2.54. The summed E-state index contributed by atoms with van der Waals surface area (Å²) in [5.74, 6) is 0.136. The first kappa shape index (κ1) is 20.0. The fraction of sp³-hybridized carbons (Fsp3) is 0.579. The zero-order valence-corrected chi connectivity index (χ0v) is 17.0. The first-order chi connectivity index (χ1) is 13.9. The maximum atomic E-state index is 13.0. The topological polar surface area (TPSA) is 108 Å². The van der Waals surface area contributed by atoms with Crippen molar-refractivity contribution < 1.29 is 22.7 Å². The largest absolute Gasteiger partial charge is 0.482 e. The van der Waals surface area contributed by atoms with Crippen molar-refractivity contribution in [2.75, 3.05) is 38.1 Å². The van der Waals surface area contributed by atoms with Crippen molar-refractivity contribution in [1.29, 1.82) is 0 Å². The van der Waals surface area contributed by atoms with Crippen molar-refractivity contribution in [3.8, 4) is 5.75 Å². The van der Waals surface area contributed by atoms with Gasteiger partial charge in [0.2, 0.25) is 10.0 Å². The Balaban J connectivity index is 1.38. The summed E-state index contributed by atoms with van der Waals surface area (Å²) in [7, 11) is -3.72. The van der Waals surface area contributed by atoms with Gasteiger partial charge in [-0.15, -0.1) is 0 Å². The van der Waals surface area contributed by atoms with E-state index in [4.69, 9.17) is 4.74 Å². The summed E-state index contributed by atoms with van der Waals surface area (Å²) in [6, 6.07) is 4.57. The number of hydrogen-bond donors (Lipinski definition) is 2. The van der Waals surface area contributed by atoms with Crippen LogP contribution in [0.1, 0.15) is 32.1 Å². The Labute approximate surface area is 170 Å². The van der Waals surface area contributed by atoms with Crippen molar-refractivity contribution in [2.45, 2.75) is 43.0 Å². The molecule has 29 heavy (non-hydrogen) atoms. The Morgan fingerprint density at radius 1 is 1.10 bits per heavy atom. The number of carbonyl (C=O) groups is 2. The van der Waals surface area contributed by atoms with E-state index >= 15 is 0 Å². The van der Waals surface area contributed by atoms with E-state index in [0.717, 1.165) is 25.7 Å². The smallest absolute Gasteiger partial charge is 0.317 e. The second-order valence-electron chi connectivity index (χ2n) is 7.67. The molecule has 2 heterocycles. The van der Waals surface area contributed by atoms with Crippen molar-refractivity contribution in [3.63, 3.8) is 0 Å². The van der Waals surface area contributed by atoms with Crippen LogP contribution in [0.15, 0.2) is 23.1 Å². The van der Waals surface area contributed by atoms with Gasteiger partial charge in [-0.1, -0.05) is 19.3 Å². The molecule has 1 aliphatic carbocycles. The maximum absolute atomic E-state index is 13.0. The molecule has 2 aliphatic heterocycles. The molecule has 4 rings (SSSR count). The minimum Gasteiger partial charge on any atom is -0.482 e. The summed E-state index contributed by atoms with van der Waals surface area (Å²) in [6.45, 7) is 1.09. The number of nitrogens with one attached hydrogen (secondary N) is 2. The van der Waals surface area contributed by atoms with E-state index in [1.54, 1.807) is 11.0 Å². The number of carbonyl (C=O) groups excluding carboxylic acids is 2. The van der Waals surface area contributed by atoms with Crippen LogP contribution in [0.2, 0.25) is 0 Å².